The van der Waals surface area contributed by atoms with Crippen molar-refractivity contribution in [3.05, 3.63) is 31.2 Å². The Morgan fingerprint density at radius 1 is 1.33 bits per heavy atom. The van der Waals surface area contributed by atoms with Gasteiger partial charge in [-0.25, -0.2) is 0 Å². The normalized spacial score (nSPS) is 11.8. The summed E-state index contributed by atoms with van der Waals surface area (Å²) in [5.74, 6) is 0. The van der Waals surface area contributed by atoms with Gasteiger partial charge in [0.1, 0.15) is 0 Å². The smallest absolute Gasteiger partial charge is 0.0313 e. The molecule has 0 amide bonds. The third-order valence-electron chi connectivity index (χ3n) is 1.11. The minimum Gasteiger partial charge on any atom is -0.0845 e. The van der Waals surface area contributed by atoms with E-state index in [1.165, 1.54) is 19.3 Å². The Bertz CT molecular complexity index is 88.2. The van der Waals surface area contributed by atoms with Crippen molar-refractivity contribution >= 4 is 0 Å². The van der Waals surface area contributed by atoms with Gasteiger partial charge in [0.05, 0.1) is 0 Å². The summed E-state index contributed by atoms with van der Waals surface area (Å²) in [6.45, 7) is 5.77. The van der Waals surface area contributed by atoms with Gasteiger partial charge in [-0.05, 0) is 13.3 Å². The molecule has 0 aromatic carbocycles. The predicted octanol–water partition coefficient (Wildman–Crippen LogP) is 3.12. The number of hydrogen-bond donors (Lipinski definition) is 0. The minimum atomic E-state index is 1.20. The second kappa shape index (κ2) is 7.48. The van der Waals surface area contributed by atoms with E-state index in [0.29, 0.717) is 0 Å². The molecular formula is C9H15. The summed E-state index contributed by atoms with van der Waals surface area (Å²) >= 11 is 0. The van der Waals surface area contributed by atoms with Crippen LogP contribution in [0.15, 0.2) is 24.3 Å². The van der Waals surface area contributed by atoms with E-state index in [2.05, 4.69) is 19.9 Å². The molecule has 0 spiro atoms. The van der Waals surface area contributed by atoms with E-state index < -0.39 is 0 Å². The molecule has 0 aromatic heterocycles. The van der Waals surface area contributed by atoms with Crippen molar-refractivity contribution in [2.45, 2.75) is 26.2 Å². The second-order valence-corrected chi connectivity index (χ2v) is 2.00. The van der Waals surface area contributed by atoms with Crippen LogP contribution in [0.5, 0.6) is 0 Å². The highest BCUT2D eigenvalue weighted by atomic mass is 13.8. The van der Waals surface area contributed by atoms with E-state index in [1.54, 1.807) is 6.08 Å². The van der Waals surface area contributed by atoms with Gasteiger partial charge in [-0.2, -0.15) is 0 Å². The van der Waals surface area contributed by atoms with Gasteiger partial charge in [-0.15, -0.1) is 0 Å². The molecule has 0 aliphatic rings. The molecule has 0 saturated carbocycles. The highest BCUT2D eigenvalue weighted by molar-refractivity contribution is 5.03. The van der Waals surface area contributed by atoms with Crippen LogP contribution < -0.4 is 0 Å². The van der Waals surface area contributed by atoms with Crippen LogP contribution in [-0.2, 0) is 0 Å². The first-order chi connectivity index (χ1) is 4.41. The van der Waals surface area contributed by atoms with Crippen LogP contribution in [0.4, 0.5) is 0 Å². The van der Waals surface area contributed by atoms with E-state index in [0.717, 1.165) is 0 Å². The molecule has 0 unspecified atom stereocenters. The Morgan fingerprint density at radius 3 is 2.67 bits per heavy atom. The standard InChI is InChI=1S/C9H15/c1-3-5-7-9-8-6-4-2/h3,5,7,9H,1,4,6,8H2,2H3/b5-3+,9-7+. The summed E-state index contributed by atoms with van der Waals surface area (Å²) in [5, 5.41) is 0. The topological polar surface area (TPSA) is 0 Å². The molecule has 0 bridgehead atoms. The van der Waals surface area contributed by atoms with Crippen molar-refractivity contribution in [2.75, 3.05) is 0 Å². The SMILES string of the molecule is [CH2]/C=C/C=C/CCCC. The molecule has 0 aliphatic heterocycles. The lowest BCUT2D eigenvalue weighted by Gasteiger charge is -1.84. The quantitative estimate of drug-likeness (QED) is 0.398. The first kappa shape index (κ1) is 8.48. The molecule has 0 aromatic rings. The van der Waals surface area contributed by atoms with Crippen LogP contribution in [0.25, 0.3) is 0 Å². The van der Waals surface area contributed by atoms with Crippen LogP contribution in [0, 0.1) is 6.92 Å². The first-order valence-electron chi connectivity index (χ1n) is 3.52. The third-order valence-corrected chi connectivity index (χ3v) is 1.11. The van der Waals surface area contributed by atoms with Crippen molar-refractivity contribution in [1.29, 1.82) is 0 Å². The summed E-state index contributed by atoms with van der Waals surface area (Å²) in [6, 6.07) is 0. The Morgan fingerprint density at radius 2 is 2.11 bits per heavy atom. The van der Waals surface area contributed by atoms with E-state index in [4.69, 9.17) is 0 Å². The Kier molecular flexibility index (Phi) is 7.05. The van der Waals surface area contributed by atoms with Crippen LogP contribution in [0.1, 0.15) is 26.2 Å². The van der Waals surface area contributed by atoms with E-state index in [9.17, 15) is 0 Å². The molecule has 0 heteroatoms. The maximum atomic E-state index is 3.57. The van der Waals surface area contributed by atoms with Gasteiger partial charge in [0.15, 0.2) is 0 Å². The van der Waals surface area contributed by atoms with Gasteiger partial charge >= 0.3 is 0 Å². The molecule has 0 aliphatic carbocycles. The van der Waals surface area contributed by atoms with Crippen molar-refractivity contribution in [3.8, 4) is 0 Å². The number of unbranched alkanes of at least 4 members (excludes halogenated alkanes) is 2. The summed E-state index contributed by atoms with van der Waals surface area (Å²) in [5.41, 5.74) is 0. The Hall–Kier alpha value is -0.520. The summed E-state index contributed by atoms with van der Waals surface area (Å²) in [6.07, 6.45) is 11.7. The van der Waals surface area contributed by atoms with Crippen LogP contribution in [0.3, 0.4) is 0 Å². The van der Waals surface area contributed by atoms with Gasteiger partial charge in [-0.3, -0.25) is 0 Å². The molecule has 0 N–H and O–H groups in total. The molecule has 0 atom stereocenters. The summed E-state index contributed by atoms with van der Waals surface area (Å²) < 4.78 is 0. The third kappa shape index (κ3) is 7.48. The van der Waals surface area contributed by atoms with Gasteiger partial charge in [0, 0.05) is 0 Å². The second-order valence-electron chi connectivity index (χ2n) is 2.00. The van der Waals surface area contributed by atoms with Crippen molar-refractivity contribution in [2.24, 2.45) is 0 Å². The van der Waals surface area contributed by atoms with E-state index in [1.807, 2.05) is 12.2 Å². The van der Waals surface area contributed by atoms with Crippen molar-refractivity contribution in [1.82, 2.24) is 0 Å². The number of hydrogen-bond acceptors (Lipinski definition) is 0. The fraction of sp³-hybridized carbons (Fsp3) is 0.444. The average molecular weight is 123 g/mol. The number of allylic oxidation sites excluding steroid dienone is 4. The van der Waals surface area contributed by atoms with Crippen LogP contribution in [-0.4, -0.2) is 0 Å². The zero-order chi connectivity index (χ0) is 6.95. The lowest BCUT2D eigenvalue weighted by molar-refractivity contribution is 0.815. The van der Waals surface area contributed by atoms with Gasteiger partial charge in [0.2, 0.25) is 0 Å². The zero-order valence-corrected chi connectivity index (χ0v) is 6.14. The summed E-state index contributed by atoms with van der Waals surface area (Å²) in [4.78, 5) is 0. The molecule has 51 valence electrons. The van der Waals surface area contributed by atoms with E-state index in [-0.39, 0.29) is 0 Å². The maximum Gasteiger partial charge on any atom is -0.0313 e. The minimum absolute atomic E-state index is 1.20. The van der Waals surface area contributed by atoms with Crippen LogP contribution in [0.2, 0.25) is 0 Å². The van der Waals surface area contributed by atoms with Gasteiger partial charge in [0.25, 0.3) is 0 Å². The van der Waals surface area contributed by atoms with Gasteiger partial charge < -0.3 is 0 Å². The molecule has 0 nitrogen and oxygen atoms in total. The molecule has 0 rings (SSSR count). The average Bonchev–Trinajstić information content (AvgIpc) is 1.89. The molecule has 0 heterocycles. The largest absolute Gasteiger partial charge is 0.0845 e. The van der Waals surface area contributed by atoms with Crippen molar-refractivity contribution in [3.63, 3.8) is 0 Å². The molecule has 0 fully saturated rings. The molecule has 1 radical (unpaired) electrons. The Labute approximate surface area is 58.3 Å². The van der Waals surface area contributed by atoms with Gasteiger partial charge in [-0.1, -0.05) is 44.1 Å². The first-order valence-corrected chi connectivity index (χ1v) is 3.52. The fourth-order valence-corrected chi connectivity index (χ4v) is 0.575. The highest BCUT2D eigenvalue weighted by Crippen LogP contribution is 1.94. The molecular weight excluding hydrogens is 108 g/mol. The molecule has 9 heavy (non-hydrogen) atoms. The fourth-order valence-electron chi connectivity index (χ4n) is 0.575. The Balaban J connectivity index is 3.04. The van der Waals surface area contributed by atoms with Crippen LogP contribution >= 0.6 is 0 Å². The number of rotatable bonds is 4. The van der Waals surface area contributed by atoms with Crippen molar-refractivity contribution < 1.29 is 0 Å². The highest BCUT2D eigenvalue weighted by Gasteiger charge is 1.74. The van der Waals surface area contributed by atoms with E-state index >= 15 is 0 Å². The lowest BCUT2D eigenvalue weighted by Crippen LogP contribution is -1.64. The molecule has 0 saturated heterocycles. The zero-order valence-electron chi connectivity index (χ0n) is 6.14. The monoisotopic (exact) mass is 123 g/mol. The summed E-state index contributed by atoms with van der Waals surface area (Å²) in [7, 11) is 0. The lowest BCUT2D eigenvalue weighted by atomic mass is 10.2. The predicted molar refractivity (Wildman–Crippen MR) is 43.2 cm³/mol. The maximum absolute atomic E-state index is 3.57.